The molecular formula is C22H29N5O5. The van der Waals surface area contributed by atoms with Crippen LogP contribution in [0.15, 0.2) is 17.1 Å². The lowest BCUT2D eigenvalue weighted by Gasteiger charge is -2.17. The monoisotopic (exact) mass is 443 g/mol. The number of amides is 2. The highest BCUT2D eigenvalue weighted by atomic mass is 16.7. The first kappa shape index (κ1) is 22.1. The summed E-state index contributed by atoms with van der Waals surface area (Å²) in [6.45, 7) is 5.25. The average Bonchev–Trinajstić information content (AvgIpc) is 3.51. The summed E-state index contributed by atoms with van der Waals surface area (Å²) in [4.78, 5) is 43.9. The van der Waals surface area contributed by atoms with Crippen LogP contribution in [0.1, 0.15) is 61.9 Å². The smallest absolute Gasteiger partial charge is 0.270 e. The third kappa shape index (κ3) is 4.55. The van der Waals surface area contributed by atoms with E-state index >= 15 is 0 Å². The van der Waals surface area contributed by atoms with Crippen molar-refractivity contribution in [1.82, 2.24) is 24.6 Å². The van der Waals surface area contributed by atoms with Crippen molar-refractivity contribution >= 4 is 23.5 Å². The summed E-state index contributed by atoms with van der Waals surface area (Å²) < 4.78 is 2.62. The summed E-state index contributed by atoms with van der Waals surface area (Å²) >= 11 is 0. The van der Waals surface area contributed by atoms with E-state index in [1.165, 1.54) is 26.4 Å². The lowest BCUT2D eigenvalue weighted by Crippen LogP contribution is -2.36. The predicted octanol–water partition coefficient (Wildman–Crippen LogP) is 1.71. The molecule has 3 heterocycles. The van der Waals surface area contributed by atoms with Gasteiger partial charge in [-0.3, -0.25) is 23.8 Å². The molecule has 0 radical (unpaired) electrons. The zero-order valence-electron chi connectivity index (χ0n) is 18.4. The largest absolute Gasteiger partial charge is 0.492 e. The van der Waals surface area contributed by atoms with Gasteiger partial charge < -0.3 is 10.4 Å². The molecule has 10 nitrogen and oxygen atoms in total. The van der Waals surface area contributed by atoms with Gasteiger partial charge in [0.25, 0.3) is 17.4 Å². The zero-order chi connectivity index (χ0) is 22.8. The molecule has 0 aromatic carbocycles. The van der Waals surface area contributed by atoms with Crippen molar-refractivity contribution in [1.29, 1.82) is 0 Å². The van der Waals surface area contributed by atoms with Gasteiger partial charge in [0.15, 0.2) is 5.56 Å². The Balaban J connectivity index is 1.73. The Morgan fingerprint density at radius 1 is 1.31 bits per heavy atom. The number of nitrogens with zero attached hydrogens (tertiary/aromatic N) is 4. The van der Waals surface area contributed by atoms with Crippen molar-refractivity contribution in [3.63, 3.8) is 0 Å². The first-order chi connectivity index (χ1) is 15.4. The predicted molar refractivity (Wildman–Crippen MR) is 117 cm³/mol. The molecular weight excluding hydrogens is 414 g/mol. The SMILES string of the molecule is CC(C)Cn1c(=O)c(C(=O)NC2CC2)c(O)n2ncc(C=CC(=O)N3CCCCCO3)c12. The molecule has 2 aliphatic rings. The topological polar surface area (TPSA) is 118 Å². The standard InChI is InChI=1S/C22H29N5O5/c1-14(2)13-25-20-15(6-9-17(28)26-10-4-3-5-11-32-26)12-23-27(20)22(31)18(21(25)30)19(29)24-16-7-8-16/h6,9,12,14,16,31H,3-5,7-8,10-11,13H2,1-2H3,(H,24,29). The third-order valence-corrected chi connectivity index (χ3v) is 5.50. The van der Waals surface area contributed by atoms with E-state index in [2.05, 4.69) is 10.4 Å². The van der Waals surface area contributed by atoms with Gasteiger partial charge in [-0.1, -0.05) is 13.8 Å². The quantitative estimate of drug-likeness (QED) is 0.656. The van der Waals surface area contributed by atoms with Gasteiger partial charge in [0.1, 0.15) is 5.65 Å². The van der Waals surface area contributed by atoms with Crippen molar-refractivity contribution in [3.8, 4) is 5.88 Å². The Morgan fingerprint density at radius 3 is 2.81 bits per heavy atom. The average molecular weight is 444 g/mol. The van der Waals surface area contributed by atoms with Crippen LogP contribution in [-0.2, 0) is 16.2 Å². The summed E-state index contributed by atoms with van der Waals surface area (Å²) in [5.41, 5.74) is -0.0997. The molecule has 2 amide bonds. The minimum atomic E-state index is -0.601. The maximum atomic E-state index is 13.2. The molecule has 0 unspecified atom stereocenters. The maximum absolute atomic E-state index is 13.2. The molecule has 1 saturated carbocycles. The summed E-state index contributed by atoms with van der Waals surface area (Å²) in [7, 11) is 0. The van der Waals surface area contributed by atoms with Crippen LogP contribution in [0.4, 0.5) is 0 Å². The van der Waals surface area contributed by atoms with E-state index in [1.807, 2.05) is 13.8 Å². The number of hydrogen-bond acceptors (Lipinski definition) is 6. The molecule has 2 aromatic rings. The molecule has 0 bridgehead atoms. The third-order valence-electron chi connectivity index (χ3n) is 5.50. The number of hydroxylamine groups is 2. The molecule has 2 fully saturated rings. The Labute approximate surface area is 185 Å². The minimum Gasteiger partial charge on any atom is -0.492 e. The maximum Gasteiger partial charge on any atom is 0.270 e. The summed E-state index contributed by atoms with van der Waals surface area (Å²) in [5, 5.41) is 19.0. The second-order valence-electron chi connectivity index (χ2n) is 8.76. The zero-order valence-corrected chi connectivity index (χ0v) is 18.4. The molecule has 0 spiro atoms. The highest BCUT2D eigenvalue weighted by Crippen LogP contribution is 2.23. The fraction of sp³-hybridized carbons (Fsp3) is 0.545. The van der Waals surface area contributed by atoms with Gasteiger partial charge >= 0.3 is 0 Å². The molecule has 172 valence electrons. The van der Waals surface area contributed by atoms with E-state index in [0.29, 0.717) is 30.9 Å². The van der Waals surface area contributed by atoms with E-state index in [-0.39, 0.29) is 23.4 Å². The van der Waals surface area contributed by atoms with Gasteiger partial charge in [-0.2, -0.15) is 9.61 Å². The lowest BCUT2D eigenvalue weighted by atomic mass is 10.2. The van der Waals surface area contributed by atoms with Gasteiger partial charge in [-0.15, -0.1) is 0 Å². The Hall–Kier alpha value is -3.14. The number of hydrogen-bond donors (Lipinski definition) is 2. The first-order valence-electron chi connectivity index (χ1n) is 11.1. The molecule has 2 aromatic heterocycles. The highest BCUT2D eigenvalue weighted by Gasteiger charge is 2.29. The highest BCUT2D eigenvalue weighted by molar-refractivity contribution is 5.97. The molecule has 10 heteroatoms. The molecule has 1 saturated heterocycles. The van der Waals surface area contributed by atoms with Gasteiger partial charge in [0, 0.05) is 30.8 Å². The van der Waals surface area contributed by atoms with Crippen LogP contribution in [0.25, 0.3) is 11.7 Å². The summed E-state index contributed by atoms with van der Waals surface area (Å²) in [6.07, 6.45) is 8.92. The lowest BCUT2D eigenvalue weighted by molar-refractivity contribution is -0.177. The molecule has 2 N–H and O–H groups in total. The molecule has 1 aliphatic heterocycles. The second kappa shape index (κ2) is 9.15. The van der Waals surface area contributed by atoms with Crippen LogP contribution in [0.2, 0.25) is 0 Å². The number of rotatable bonds is 6. The fourth-order valence-electron chi connectivity index (χ4n) is 3.74. The minimum absolute atomic E-state index is 0.0406. The van der Waals surface area contributed by atoms with Crippen LogP contribution in [0, 0.1) is 5.92 Å². The normalized spacial score (nSPS) is 17.3. The van der Waals surface area contributed by atoms with Gasteiger partial charge in [0.2, 0.25) is 5.88 Å². The van der Waals surface area contributed by atoms with E-state index in [4.69, 9.17) is 4.84 Å². The van der Waals surface area contributed by atoms with Crippen LogP contribution in [-0.4, -0.2) is 55.4 Å². The Kier molecular flexibility index (Phi) is 6.31. The van der Waals surface area contributed by atoms with Crippen LogP contribution < -0.4 is 10.9 Å². The first-order valence-corrected chi connectivity index (χ1v) is 11.1. The van der Waals surface area contributed by atoms with Crippen LogP contribution >= 0.6 is 0 Å². The Morgan fingerprint density at radius 2 is 2.09 bits per heavy atom. The molecule has 4 rings (SSSR count). The molecule has 0 atom stereocenters. The summed E-state index contributed by atoms with van der Waals surface area (Å²) in [5.74, 6) is -1.31. The van der Waals surface area contributed by atoms with E-state index in [1.54, 1.807) is 6.08 Å². The second-order valence-corrected chi connectivity index (χ2v) is 8.76. The van der Waals surface area contributed by atoms with Crippen molar-refractivity contribution in [2.24, 2.45) is 5.92 Å². The number of carbonyl (C=O) groups excluding carboxylic acids is 2. The van der Waals surface area contributed by atoms with Gasteiger partial charge in [-0.05, 0) is 44.1 Å². The van der Waals surface area contributed by atoms with Gasteiger partial charge in [0.05, 0.1) is 12.8 Å². The van der Waals surface area contributed by atoms with E-state index < -0.39 is 17.3 Å². The number of nitrogens with one attached hydrogen (secondary N) is 1. The van der Waals surface area contributed by atoms with Crippen molar-refractivity contribution in [2.45, 2.75) is 58.5 Å². The van der Waals surface area contributed by atoms with Crippen molar-refractivity contribution < 1.29 is 19.5 Å². The van der Waals surface area contributed by atoms with Crippen molar-refractivity contribution in [3.05, 3.63) is 33.8 Å². The Bertz CT molecular complexity index is 1100. The van der Waals surface area contributed by atoms with E-state index in [9.17, 15) is 19.5 Å². The number of aromatic nitrogens is 3. The van der Waals surface area contributed by atoms with Gasteiger partial charge in [-0.25, -0.2) is 5.06 Å². The fourth-order valence-corrected chi connectivity index (χ4v) is 3.74. The molecule has 1 aliphatic carbocycles. The number of fused-ring (bicyclic) bond motifs is 1. The van der Waals surface area contributed by atoms with Crippen LogP contribution in [0.5, 0.6) is 5.88 Å². The summed E-state index contributed by atoms with van der Waals surface area (Å²) in [6, 6.07) is 0.0406. The van der Waals surface area contributed by atoms with E-state index in [0.717, 1.165) is 32.1 Å². The van der Waals surface area contributed by atoms with Crippen LogP contribution in [0.3, 0.4) is 0 Å². The number of carbonyl (C=O) groups is 2. The molecule has 32 heavy (non-hydrogen) atoms. The number of aromatic hydroxyl groups is 1. The van der Waals surface area contributed by atoms with Crippen molar-refractivity contribution in [2.75, 3.05) is 13.2 Å².